The third kappa shape index (κ3) is 2.21. The normalized spacial score (nSPS) is 27.6. The number of ether oxygens (including phenoxy) is 2. The number of primary amides is 1. The molecule has 1 unspecified atom stereocenters. The van der Waals surface area contributed by atoms with Gasteiger partial charge in [0.15, 0.2) is 0 Å². The Hall–Kier alpha value is -0.820. The number of benzene rings is 1. The maximum absolute atomic E-state index is 10.9. The van der Waals surface area contributed by atoms with E-state index in [4.69, 9.17) is 15.2 Å². The zero-order chi connectivity index (χ0) is 13.3. The minimum atomic E-state index is -0.726. The van der Waals surface area contributed by atoms with Crippen LogP contribution in [-0.4, -0.2) is 25.4 Å². The van der Waals surface area contributed by atoms with Gasteiger partial charge in [0.2, 0.25) is 0 Å². The van der Waals surface area contributed by atoms with E-state index in [-0.39, 0.29) is 17.6 Å². The number of methoxy groups -OCH3 is 1. The Bertz CT molecular complexity index is 465. The first-order valence-corrected chi connectivity index (χ1v) is 6.84. The molecule has 0 aliphatic heterocycles. The predicted octanol–water partition coefficient (Wildman–Crippen LogP) is 2.43. The number of carbonyl (C=O) groups excluding carboxylic acids is 1. The summed E-state index contributed by atoms with van der Waals surface area (Å²) in [7, 11) is 1.67. The molecule has 5 heteroatoms. The number of hydrogen-bond acceptors (Lipinski definition) is 3. The number of halogens is 1. The van der Waals surface area contributed by atoms with Crippen LogP contribution in [0.2, 0.25) is 0 Å². The molecule has 3 atom stereocenters. The molecule has 1 amide bonds. The molecule has 98 valence electrons. The molecule has 1 fully saturated rings. The number of amides is 1. The molecule has 2 N–H and O–H groups in total. The van der Waals surface area contributed by atoms with Gasteiger partial charge in [-0.3, -0.25) is 0 Å². The molecule has 4 nitrogen and oxygen atoms in total. The van der Waals surface area contributed by atoms with E-state index >= 15 is 0 Å². The highest BCUT2D eigenvalue weighted by molar-refractivity contribution is 14.1. The summed E-state index contributed by atoms with van der Waals surface area (Å²) in [6.07, 6.45) is -0.194. The molecule has 0 saturated heterocycles. The fraction of sp³-hybridized carbons (Fsp3) is 0.462. The Kier molecular flexibility index (Phi) is 3.82. The van der Waals surface area contributed by atoms with Crippen LogP contribution in [0.5, 0.6) is 0 Å². The van der Waals surface area contributed by atoms with Crippen LogP contribution in [0.15, 0.2) is 24.3 Å². The molecular weight excluding hydrogens is 345 g/mol. The molecule has 1 saturated carbocycles. The standard InChI is InChI=1S/C13H16INO3/c1-8(17-2)13(7-11(13)18-12(15)16)9-5-3-4-6-10(9)14/h3-6,8,11H,7H2,1-2H3,(H2,15,16)/t8?,11-,13+/m0/s1. The van der Waals surface area contributed by atoms with Gasteiger partial charge >= 0.3 is 6.09 Å². The topological polar surface area (TPSA) is 61.6 Å². The number of nitrogens with two attached hydrogens (primary N) is 1. The molecule has 1 aliphatic rings. The summed E-state index contributed by atoms with van der Waals surface area (Å²) >= 11 is 2.29. The van der Waals surface area contributed by atoms with Gasteiger partial charge in [0.1, 0.15) is 6.10 Å². The highest BCUT2D eigenvalue weighted by Gasteiger charge is 2.62. The van der Waals surface area contributed by atoms with Crippen molar-refractivity contribution in [2.75, 3.05) is 7.11 Å². The Labute approximate surface area is 120 Å². The van der Waals surface area contributed by atoms with E-state index in [0.717, 1.165) is 15.6 Å². The molecule has 1 aliphatic carbocycles. The van der Waals surface area contributed by atoms with Crippen molar-refractivity contribution in [1.29, 1.82) is 0 Å². The lowest BCUT2D eigenvalue weighted by Crippen LogP contribution is -2.32. The van der Waals surface area contributed by atoms with Gasteiger partial charge in [-0.25, -0.2) is 4.79 Å². The molecule has 2 rings (SSSR count). The van der Waals surface area contributed by atoms with Gasteiger partial charge in [-0.1, -0.05) is 18.2 Å². The Morgan fingerprint density at radius 1 is 1.56 bits per heavy atom. The minimum absolute atomic E-state index is 0.0298. The summed E-state index contributed by atoms with van der Waals surface area (Å²) in [5, 5.41) is 0. The molecule has 0 spiro atoms. The van der Waals surface area contributed by atoms with Gasteiger partial charge < -0.3 is 15.2 Å². The lowest BCUT2D eigenvalue weighted by molar-refractivity contribution is 0.0587. The summed E-state index contributed by atoms with van der Waals surface area (Å²) in [6.45, 7) is 1.99. The molecule has 0 bridgehead atoms. The fourth-order valence-electron chi connectivity index (χ4n) is 2.51. The Morgan fingerprint density at radius 2 is 2.22 bits per heavy atom. The average molecular weight is 361 g/mol. The van der Waals surface area contributed by atoms with Crippen LogP contribution in [-0.2, 0) is 14.9 Å². The second-order valence-electron chi connectivity index (χ2n) is 4.53. The Balaban J connectivity index is 2.35. The van der Waals surface area contributed by atoms with Crippen molar-refractivity contribution in [3.05, 3.63) is 33.4 Å². The fourth-order valence-corrected chi connectivity index (χ4v) is 3.40. The average Bonchev–Trinajstić information content (AvgIpc) is 3.03. The predicted molar refractivity (Wildman–Crippen MR) is 76.4 cm³/mol. The van der Waals surface area contributed by atoms with Crippen LogP contribution in [0.1, 0.15) is 18.9 Å². The third-order valence-electron chi connectivity index (χ3n) is 3.65. The van der Waals surface area contributed by atoms with E-state index in [1.807, 2.05) is 25.1 Å². The molecule has 0 heterocycles. The molecule has 1 aromatic carbocycles. The lowest BCUT2D eigenvalue weighted by atomic mass is 9.90. The second-order valence-corrected chi connectivity index (χ2v) is 5.69. The van der Waals surface area contributed by atoms with Crippen molar-refractivity contribution in [2.45, 2.75) is 31.0 Å². The molecular formula is C13H16INO3. The SMILES string of the molecule is COC(C)[C@@]1(c2ccccc2I)C[C@@H]1OC(N)=O. The van der Waals surface area contributed by atoms with Gasteiger partial charge in [-0.05, 0) is 41.1 Å². The number of rotatable bonds is 4. The summed E-state index contributed by atoms with van der Waals surface area (Å²) in [4.78, 5) is 10.9. The highest BCUT2D eigenvalue weighted by Crippen LogP contribution is 2.55. The quantitative estimate of drug-likeness (QED) is 0.838. The molecule has 1 aromatic rings. The third-order valence-corrected chi connectivity index (χ3v) is 4.59. The Morgan fingerprint density at radius 3 is 2.78 bits per heavy atom. The van der Waals surface area contributed by atoms with E-state index in [1.165, 1.54) is 0 Å². The van der Waals surface area contributed by atoms with Crippen LogP contribution in [0.4, 0.5) is 4.79 Å². The zero-order valence-electron chi connectivity index (χ0n) is 10.4. The van der Waals surface area contributed by atoms with Crippen LogP contribution in [0.3, 0.4) is 0 Å². The maximum Gasteiger partial charge on any atom is 0.404 e. The largest absolute Gasteiger partial charge is 0.445 e. The maximum atomic E-state index is 10.9. The van der Waals surface area contributed by atoms with E-state index in [2.05, 4.69) is 28.7 Å². The van der Waals surface area contributed by atoms with E-state index in [0.29, 0.717) is 0 Å². The second kappa shape index (κ2) is 5.05. The van der Waals surface area contributed by atoms with Crippen LogP contribution >= 0.6 is 22.6 Å². The van der Waals surface area contributed by atoms with Crippen molar-refractivity contribution in [2.24, 2.45) is 5.73 Å². The van der Waals surface area contributed by atoms with Crippen LogP contribution in [0.25, 0.3) is 0 Å². The van der Waals surface area contributed by atoms with Crippen molar-refractivity contribution in [1.82, 2.24) is 0 Å². The molecule has 0 radical (unpaired) electrons. The summed E-state index contributed by atoms with van der Waals surface area (Å²) < 4.78 is 11.8. The molecule has 0 aromatic heterocycles. The van der Waals surface area contributed by atoms with E-state index in [9.17, 15) is 4.79 Å². The number of hydrogen-bond donors (Lipinski definition) is 1. The summed E-state index contributed by atoms with van der Waals surface area (Å²) in [5.41, 5.74) is 6.00. The van der Waals surface area contributed by atoms with Gasteiger partial charge in [0.05, 0.1) is 11.5 Å². The van der Waals surface area contributed by atoms with Crippen molar-refractivity contribution >= 4 is 28.7 Å². The van der Waals surface area contributed by atoms with E-state index < -0.39 is 6.09 Å². The van der Waals surface area contributed by atoms with Crippen LogP contribution in [0, 0.1) is 3.57 Å². The monoisotopic (exact) mass is 361 g/mol. The first-order valence-electron chi connectivity index (χ1n) is 5.76. The zero-order valence-corrected chi connectivity index (χ0v) is 12.5. The van der Waals surface area contributed by atoms with Crippen molar-refractivity contribution in [3.63, 3.8) is 0 Å². The first kappa shape index (κ1) is 13.6. The number of carbonyl (C=O) groups is 1. The highest BCUT2D eigenvalue weighted by atomic mass is 127. The van der Waals surface area contributed by atoms with Crippen LogP contribution < -0.4 is 5.73 Å². The van der Waals surface area contributed by atoms with Gasteiger partial charge in [-0.15, -0.1) is 0 Å². The first-order chi connectivity index (χ1) is 8.52. The molecule has 18 heavy (non-hydrogen) atoms. The van der Waals surface area contributed by atoms with Crippen molar-refractivity contribution < 1.29 is 14.3 Å². The van der Waals surface area contributed by atoms with E-state index in [1.54, 1.807) is 7.11 Å². The van der Waals surface area contributed by atoms with Gasteiger partial charge in [0.25, 0.3) is 0 Å². The van der Waals surface area contributed by atoms with Gasteiger partial charge in [-0.2, -0.15) is 0 Å². The smallest absolute Gasteiger partial charge is 0.404 e. The minimum Gasteiger partial charge on any atom is -0.445 e. The summed E-state index contributed by atoms with van der Waals surface area (Å²) in [5.74, 6) is 0. The lowest BCUT2D eigenvalue weighted by Gasteiger charge is -2.25. The summed E-state index contributed by atoms with van der Waals surface area (Å²) in [6, 6.07) is 8.07. The van der Waals surface area contributed by atoms with Crippen molar-refractivity contribution in [3.8, 4) is 0 Å². The van der Waals surface area contributed by atoms with Gasteiger partial charge in [0, 0.05) is 17.1 Å².